The standard InChI is InChI=1S/C15H31NO2/c1-11(2)12(9-14(3,4)5)16-13(17)10-18-15(6,7)8/h11-12H,9-10H2,1-8H3,(H,16,17)/t12-/m1/s1. The zero-order valence-electron chi connectivity index (χ0n) is 13.4. The second kappa shape index (κ2) is 6.55. The van der Waals surface area contributed by atoms with Crippen molar-refractivity contribution in [1.29, 1.82) is 0 Å². The molecule has 1 amide bonds. The summed E-state index contributed by atoms with van der Waals surface area (Å²) in [7, 11) is 0. The molecular weight excluding hydrogens is 226 g/mol. The second-order valence-corrected chi connectivity index (χ2v) is 7.58. The lowest BCUT2D eigenvalue weighted by Gasteiger charge is -2.30. The Balaban J connectivity index is 4.30. The maximum absolute atomic E-state index is 11.9. The molecule has 0 heterocycles. The van der Waals surface area contributed by atoms with E-state index in [4.69, 9.17) is 4.74 Å². The number of carbonyl (C=O) groups is 1. The van der Waals surface area contributed by atoms with Crippen LogP contribution in [0.5, 0.6) is 0 Å². The third-order valence-electron chi connectivity index (χ3n) is 2.62. The zero-order valence-corrected chi connectivity index (χ0v) is 13.4. The highest BCUT2D eigenvalue weighted by Gasteiger charge is 2.23. The summed E-state index contributed by atoms with van der Waals surface area (Å²) in [4.78, 5) is 11.9. The molecule has 108 valence electrons. The van der Waals surface area contributed by atoms with Gasteiger partial charge in [-0.15, -0.1) is 0 Å². The molecule has 0 bridgehead atoms. The number of ether oxygens (including phenoxy) is 1. The minimum absolute atomic E-state index is 0.0205. The van der Waals surface area contributed by atoms with E-state index in [0.717, 1.165) is 6.42 Å². The zero-order chi connectivity index (χ0) is 14.6. The van der Waals surface area contributed by atoms with Crippen LogP contribution in [0, 0.1) is 11.3 Å². The normalized spacial score (nSPS) is 14.7. The SMILES string of the molecule is CC(C)[C@@H](CC(C)(C)C)NC(=O)COC(C)(C)C. The average molecular weight is 257 g/mol. The lowest BCUT2D eigenvalue weighted by atomic mass is 9.84. The highest BCUT2D eigenvalue weighted by molar-refractivity contribution is 5.77. The van der Waals surface area contributed by atoms with Gasteiger partial charge in [0.05, 0.1) is 5.60 Å². The molecule has 0 aromatic carbocycles. The van der Waals surface area contributed by atoms with Crippen molar-refractivity contribution < 1.29 is 9.53 Å². The summed E-state index contributed by atoms with van der Waals surface area (Å²) in [6, 6.07) is 0.209. The summed E-state index contributed by atoms with van der Waals surface area (Å²) >= 11 is 0. The Morgan fingerprint density at radius 2 is 1.61 bits per heavy atom. The molecule has 0 aliphatic rings. The van der Waals surface area contributed by atoms with E-state index in [1.807, 2.05) is 20.8 Å². The van der Waals surface area contributed by atoms with Crippen molar-refractivity contribution in [3.63, 3.8) is 0 Å². The monoisotopic (exact) mass is 257 g/mol. The van der Waals surface area contributed by atoms with E-state index in [1.165, 1.54) is 0 Å². The molecule has 0 aliphatic carbocycles. The maximum atomic E-state index is 11.9. The van der Waals surface area contributed by atoms with Crippen molar-refractivity contribution in [2.24, 2.45) is 11.3 Å². The molecule has 3 nitrogen and oxygen atoms in total. The lowest BCUT2D eigenvalue weighted by molar-refractivity contribution is -0.131. The van der Waals surface area contributed by atoms with Gasteiger partial charge in [-0.25, -0.2) is 0 Å². The van der Waals surface area contributed by atoms with Crippen LogP contribution in [0.15, 0.2) is 0 Å². The smallest absolute Gasteiger partial charge is 0.246 e. The van der Waals surface area contributed by atoms with Crippen LogP contribution in [0.25, 0.3) is 0 Å². The van der Waals surface area contributed by atoms with Crippen molar-refractivity contribution in [2.75, 3.05) is 6.61 Å². The molecule has 0 radical (unpaired) electrons. The van der Waals surface area contributed by atoms with E-state index in [9.17, 15) is 4.79 Å². The second-order valence-electron chi connectivity index (χ2n) is 7.58. The fourth-order valence-electron chi connectivity index (χ4n) is 1.64. The van der Waals surface area contributed by atoms with Gasteiger partial charge in [0, 0.05) is 6.04 Å². The number of amides is 1. The van der Waals surface area contributed by atoms with Gasteiger partial charge in [-0.05, 0) is 38.5 Å². The van der Waals surface area contributed by atoms with Crippen LogP contribution in [0.1, 0.15) is 61.8 Å². The van der Waals surface area contributed by atoms with Gasteiger partial charge in [0.25, 0.3) is 0 Å². The molecule has 0 aliphatic heterocycles. The minimum atomic E-state index is -0.269. The van der Waals surface area contributed by atoms with Crippen LogP contribution in [-0.4, -0.2) is 24.2 Å². The van der Waals surface area contributed by atoms with Crippen LogP contribution in [-0.2, 0) is 9.53 Å². The van der Waals surface area contributed by atoms with E-state index in [-0.39, 0.29) is 29.6 Å². The number of nitrogens with one attached hydrogen (secondary N) is 1. The topological polar surface area (TPSA) is 38.3 Å². The Kier molecular flexibility index (Phi) is 6.35. The van der Waals surface area contributed by atoms with Gasteiger partial charge in [-0.2, -0.15) is 0 Å². The highest BCUT2D eigenvalue weighted by Crippen LogP contribution is 2.24. The quantitative estimate of drug-likeness (QED) is 0.820. The average Bonchev–Trinajstić information content (AvgIpc) is 2.10. The molecule has 0 rings (SSSR count). The van der Waals surface area contributed by atoms with Crippen LogP contribution >= 0.6 is 0 Å². The van der Waals surface area contributed by atoms with Gasteiger partial charge in [-0.3, -0.25) is 4.79 Å². The predicted octanol–water partition coefficient (Wildman–Crippen LogP) is 3.38. The van der Waals surface area contributed by atoms with Crippen LogP contribution in [0.3, 0.4) is 0 Å². The summed E-state index contributed by atoms with van der Waals surface area (Å²) in [5.41, 5.74) is -0.0538. The van der Waals surface area contributed by atoms with Gasteiger partial charge in [0.1, 0.15) is 6.61 Å². The van der Waals surface area contributed by atoms with Crippen molar-refractivity contribution in [3.8, 4) is 0 Å². The van der Waals surface area contributed by atoms with Crippen LogP contribution in [0.4, 0.5) is 0 Å². The third kappa shape index (κ3) is 9.46. The number of rotatable bonds is 5. The first-order valence-corrected chi connectivity index (χ1v) is 6.84. The maximum Gasteiger partial charge on any atom is 0.246 e. The first-order valence-electron chi connectivity index (χ1n) is 6.84. The van der Waals surface area contributed by atoms with Gasteiger partial charge in [0.15, 0.2) is 0 Å². The first kappa shape index (κ1) is 17.4. The van der Waals surface area contributed by atoms with Crippen molar-refractivity contribution in [3.05, 3.63) is 0 Å². The predicted molar refractivity (Wildman–Crippen MR) is 76.5 cm³/mol. The molecule has 0 spiro atoms. The summed E-state index contributed by atoms with van der Waals surface area (Å²) in [5.74, 6) is 0.413. The Morgan fingerprint density at radius 3 is 1.94 bits per heavy atom. The van der Waals surface area contributed by atoms with E-state index >= 15 is 0 Å². The fourth-order valence-corrected chi connectivity index (χ4v) is 1.64. The van der Waals surface area contributed by atoms with Crippen LogP contribution < -0.4 is 5.32 Å². The first-order chi connectivity index (χ1) is 7.91. The molecule has 0 aromatic heterocycles. The molecule has 0 fully saturated rings. The van der Waals surface area contributed by atoms with Gasteiger partial charge < -0.3 is 10.1 Å². The highest BCUT2D eigenvalue weighted by atomic mass is 16.5. The number of hydrogen-bond acceptors (Lipinski definition) is 2. The van der Waals surface area contributed by atoms with E-state index < -0.39 is 0 Å². The fraction of sp³-hybridized carbons (Fsp3) is 0.933. The molecule has 0 unspecified atom stereocenters. The number of hydrogen-bond donors (Lipinski definition) is 1. The summed E-state index contributed by atoms with van der Waals surface area (Å²) < 4.78 is 5.49. The molecule has 0 aromatic rings. The molecule has 1 N–H and O–H groups in total. The van der Waals surface area contributed by atoms with Crippen molar-refractivity contribution in [1.82, 2.24) is 5.32 Å². The Hall–Kier alpha value is -0.570. The van der Waals surface area contributed by atoms with E-state index in [1.54, 1.807) is 0 Å². The van der Waals surface area contributed by atoms with Crippen LogP contribution in [0.2, 0.25) is 0 Å². The molecule has 3 heteroatoms. The van der Waals surface area contributed by atoms with Crippen molar-refractivity contribution in [2.45, 2.75) is 73.5 Å². The van der Waals surface area contributed by atoms with Gasteiger partial charge >= 0.3 is 0 Å². The summed E-state index contributed by atoms with van der Waals surface area (Å²) in [6.07, 6.45) is 0.978. The summed E-state index contributed by atoms with van der Waals surface area (Å²) in [6.45, 7) is 16.9. The molecule has 0 saturated carbocycles. The minimum Gasteiger partial charge on any atom is -0.366 e. The Bertz CT molecular complexity index is 259. The Labute approximate surface area is 113 Å². The Morgan fingerprint density at radius 1 is 1.11 bits per heavy atom. The van der Waals surface area contributed by atoms with E-state index in [2.05, 4.69) is 39.9 Å². The summed E-state index contributed by atoms with van der Waals surface area (Å²) in [5, 5.41) is 3.08. The van der Waals surface area contributed by atoms with Gasteiger partial charge in [0.2, 0.25) is 5.91 Å². The number of carbonyl (C=O) groups excluding carboxylic acids is 1. The lowest BCUT2D eigenvalue weighted by Crippen LogP contribution is -2.43. The third-order valence-corrected chi connectivity index (χ3v) is 2.62. The molecule has 18 heavy (non-hydrogen) atoms. The molecule has 1 atom stereocenters. The molecular formula is C15H31NO2. The van der Waals surface area contributed by atoms with E-state index in [0.29, 0.717) is 5.92 Å². The molecule has 0 saturated heterocycles. The van der Waals surface area contributed by atoms with Crippen molar-refractivity contribution >= 4 is 5.91 Å². The van der Waals surface area contributed by atoms with Gasteiger partial charge in [-0.1, -0.05) is 34.6 Å². The largest absolute Gasteiger partial charge is 0.366 e.